The molecule has 0 rings (SSSR count). The Bertz CT molecular complexity index is 4.85. The van der Waals surface area contributed by atoms with Gasteiger partial charge in [-0.05, 0) is 7.05 Å². The van der Waals surface area contributed by atoms with Gasteiger partial charge in [-0.2, -0.15) is 0 Å². The van der Waals surface area contributed by atoms with Crippen LogP contribution in [0.1, 0.15) is 13.8 Å². The number of hydrazine groups is 1. The summed E-state index contributed by atoms with van der Waals surface area (Å²) >= 11 is 0. The molecule has 0 aromatic heterocycles. The highest BCUT2D eigenvalue weighted by molar-refractivity contribution is 3.79. The van der Waals surface area contributed by atoms with Crippen LogP contribution in [0.25, 0.3) is 0 Å². The summed E-state index contributed by atoms with van der Waals surface area (Å²) in [5.41, 5.74) is 2.25. The van der Waals surface area contributed by atoms with Crippen LogP contribution in [-0.2, 0) is 0 Å². The van der Waals surface area contributed by atoms with Gasteiger partial charge in [0.1, 0.15) is 0 Å². The Kier molecular flexibility index (Phi) is 70.0. The van der Waals surface area contributed by atoms with Gasteiger partial charge >= 0.3 is 0 Å². The number of nitrogens with two attached hydrogens (primary N) is 1. The van der Waals surface area contributed by atoms with Crippen LogP contribution in [0, 0.1) is 0 Å². The third-order valence-corrected chi connectivity index (χ3v) is 0. The van der Waals surface area contributed by atoms with Crippen molar-refractivity contribution in [2.45, 2.75) is 13.8 Å². The van der Waals surface area contributed by atoms with Gasteiger partial charge in [0.25, 0.3) is 0 Å². The summed E-state index contributed by atoms with van der Waals surface area (Å²) in [5.74, 6) is 4.60. The molecule has 0 aromatic carbocycles. The summed E-state index contributed by atoms with van der Waals surface area (Å²) in [5, 5.41) is 0. The lowest BCUT2D eigenvalue weighted by Crippen LogP contribution is -2.13. The van der Waals surface area contributed by atoms with Crippen LogP contribution in [0.4, 0.5) is 0 Å². The molecular formula is C3H12N2. The topological polar surface area (TPSA) is 38.0 Å². The Morgan fingerprint density at radius 1 is 1.40 bits per heavy atom. The van der Waals surface area contributed by atoms with E-state index in [0.717, 1.165) is 0 Å². The molecular weight excluding hydrogens is 64.0 g/mol. The first-order chi connectivity index (χ1) is 2.41. The van der Waals surface area contributed by atoms with Crippen molar-refractivity contribution in [1.82, 2.24) is 5.43 Å². The normalized spacial score (nSPS) is 4.80. The molecule has 0 aliphatic carbocycles. The average Bonchev–Trinajstić information content (AvgIpc) is 1.46. The monoisotopic (exact) mass is 76.1 g/mol. The van der Waals surface area contributed by atoms with E-state index in [2.05, 4.69) is 11.3 Å². The molecule has 0 fully saturated rings. The van der Waals surface area contributed by atoms with E-state index in [-0.39, 0.29) is 0 Å². The minimum Gasteiger partial charge on any atom is -0.272 e. The molecule has 0 aliphatic heterocycles. The van der Waals surface area contributed by atoms with Crippen LogP contribution in [0.3, 0.4) is 0 Å². The van der Waals surface area contributed by atoms with E-state index in [1.807, 2.05) is 13.8 Å². The van der Waals surface area contributed by atoms with Gasteiger partial charge in [-0.25, -0.2) is 0 Å². The minimum absolute atomic E-state index is 1.65. The number of nitrogens with one attached hydrogen (secondary N) is 1. The predicted octanol–water partition coefficient (Wildman–Crippen LogP) is 0.106. The Balaban J connectivity index is 0. The number of hydrogen-bond acceptors (Lipinski definition) is 2. The molecule has 0 aliphatic rings. The van der Waals surface area contributed by atoms with Crippen molar-refractivity contribution in [3.63, 3.8) is 0 Å². The molecule has 3 N–H and O–H groups in total. The third kappa shape index (κ3) is 2260. The Hall–Kier alpha value is -0.0800. The van der Waals surface area contributed by atoms with Crippen molar-refractivity contribution in [3.05, 3.63) is 0 Å². The molecule has 0 saturated heterocycles. The van der Waals surface area contributed by atoms with Crippen molar-refractivity contribution < 1.29 is 0 Å². The average molecular weight is 76.1 g/mol. The van der Waals surface area contributed by atoms with E-state index in [1.165, 1.54) is 0 Å². The van der Waals surface area contributed by atoms with E-state index in [0.29, 0.717) is 0 Å². The molecule has 0 atom stereocenters. The molecule has 0 unspecified atom stereocenters. The maximum Gasteiger partial charge on any atom is -0.00172 e. The van der Waals surface area contributed by atoms with E-state index < -0.39 is 0 Å². The number of hydrogen-bond donors (Lipinski definition) is 2. The van der Waals surface area contributed by atoms with Gasteiger partial charge in [-0.15, -0.1) is 0 Å². The molecule has 2 heteroatoms. The van der Waals surface area contributed by atoms with E-state index in [1.54, 1.807) is 7.05 Å². The van der Waals surface area contributed by atoms with Crippen molar-refractivity contribution in [3.8, 4) is 0 Å². The van der Waals surface area contributed by atoms with Crippen LogP contribution < -0.4 is 11.3 Å². The van der Waals surface area contributed by atoms with Crippen molar-refractivity contribution >= 4 is 0 Å². The fraction of sp³-hybridized carbons (Fsp3) is 1.00. The molecule has 0 radical (unpaired) electrons. The standard InChI is InChI=1S/C2H6.CH6N2/c1-2;1-3-2/h1-2H3;3H,2H2,1H3. The molecule has 2 nitrogen and oxygen atoms in total. The van der Waals surface area contributed by atoms with Crippen molar-refractivity contribution in [2.75, 3.05) is 7.05 Å². The zero-order chi connectivity index (χ0) is 4.71. The highest BCUT2D eigenvalue weighted by Gasteiger charge is 1.22. The van der Waals surface area contributed by atoms with E-state index >= 15 is 0 Å². The van der Waals surface area contributed by atoms with Gasteiger partial charge in [0.15, 0.2) is 0 Å². The molecule has 0 saturated carbocycles. The Morgan fingerprint density at radius 2 is 1.40 bits per heavy atom. The quantitative estimate of drug-likeness (QED) is 0.317. The minimum atomic E-state index is 1.65. The van der Waals surface area contributed by atoms with Crippen LogP contribution in [0.5, 0.6) is 0 Å². The summed E-state index contributed by atoms with van der Waals surface area (Å²) in [7, 11) is 1.65. The van der Waals surface area contributed by atoms with Gasteiger partial charge in [0, 0.05) is 0 Å². The summed E-state index contributed by atoms with van der Waals surface area (Å²) in [6.07, 6.45) is 0. The third-order valence-electron chi connectivity index (χ3n) is 0. The second-order valence-electron chi connectivity index (χ2n) is 0.289. The molecule has 5 heavy (non-hydrogen) atoms. The van der Waals surface area contributed by atoms with Gasteiger partial charge in [0.05, 0.1) is 0 Å². The summed E-state index contributed by atoms with van der Waals surface area (Å²) in [6, 6.07) is 0. The first kappa shape index (κ1) is 8.87. The molecule has 0 spiro atoms. The maximum atomic E-state index is 4.60. The highest BCUT2D eigenvalue weighted by Crippen LogP contribution is 1.14. The van der Waals surface area contributed by atoms with Gasteiger partial charge in [0.2, 0.25) is 0 Å². The molecule has 0 amide bonds. The summed E-state index contributed by atoms with van der Waals surface area (Å²) < 4.78 is 0. The number of rotatable bonds is 0. The van der Waals surface area contributed by atoms with Gasteiger partial charge < -0.3 is 0 Å². The molecule has 0 heterocycles. The first-order valence-electron chi connectivity index (χ1n) is 1.79. The zero-order valence-corrected chi connectivity index (χ0v) is 4.08. The van der Waals surface area contributed by atoms with Gasteiger partial charge in [-0.3, -0.25) is 11.3 Å². The second kappa shape index (κ2) is 39.5. The Labute approximate surface area is 33.3 Å². The van der Waals surface area contributed by atoms with Crippen molar-refractivity contribution in [2.24, 2.45) is 5.84 Å². The SMILES string of the molecule is CC.CNN. The Morgan fingerprint density at radius 3 is 1.40 bits per heavy atom. The molecule has 0 bridgehead atoms. The maximum absolute atomic E-state index is 4.60. The lowest BCUT2D eigenvalue weighted by molar-refractivity contribution is 0.900. The van der Waals surface area contributed by atoms with Crippen molar-refractivity contribution in [1.29, 1.82) is 0 Å². The lowest BCUT2D eigenvalue weighted by Gasteiger charge is -1.62. The molecule has 0 aromatic rings. The summed E-state index contributed by atoms with van der Waals surface area (Å²) in [6.45, 7) is 4.00. The van der Waals surface area contributed by atoms with E-state index in [4.69, 9.17) is 0 Å². The first-order valence-corrected chi connectivity index (χ1v) is 1.79. The largest absolute Gasteiger partial charge is 0.272 e. The molecule has 34 valence electrons. The zero-order valence-electron chi connectivity index (χ0n) is 4.08. The van der Waals surface area contributed by atoms with Gasteiger partial charge in [-0.1, -0.05) is 13.8 Å². The predicted molar refractivity (Wildman–Crippen MR) is 24.6 cm³/mol. The van der Waals surface area contributed by atoms with Crippen LogP contribution in [0.2, 0.25) is 0 Å². The van der Waals surface area contributed by atoms with Crippen LogP contribution >= 0.6 is 0 Å². The van der Waals surface area contributed by atoms with E-state index in [9.17, 15) is 0 Å². The van der Waals surface area contributed by atoms with Crippen LogP contribution in [-0.4, -0.2) is 7.05 Å². The smallest absolute Gasteiger partial charge is 0.00172 e. The summed E-state index contributed by atoms with van der Waals surface area (Å²) in [4.78, 5) is 0. The van der Waals surface area contributed by atoms with Crippen LogP contribution in [0.15, 0.2) is 0 Å². The fourth-order valence-electron chi connectivity index (χ4n) is 0. The second-order valence-corrected chi connectivity index (χ2v) is 0.289. The highest BCUT2D eigenvalue weighted by atomic mass is 15.2. The lowest BCUT2D eigenvalue weighted by atomic mass is 11.0. The fourth-order valence-corrected chi connectivity index (χ4v) is 0.